The molecular weight excluding hydrogens is 310 g/mol. The van der Waals surface area contributed by atoms with Crippen molar-refractivity contribution in [1.29, 1.82) is 0 Å². The molecule has 0 bridgehead atoms. The van der Waals surface area contributed by atoms with Gasteiger partial charge in [0.15, 0.2) is 0 Å². The third-order valence-corrected chi connectivity index (χ3v) is 5.47. The Labute approximate surface area is 138 Å². The van der Waals surface area contributed by atoms with E-state index in [0.29, 0.717) is 11.3 Å². The minimum atomic E-state index is -3.57. The average molecular weight is 333 g/mol. The Morgan fingerprint density at radius 1 is 1.09 bits per heavy atom. The van der Waals surface area contributed by atoms with Crippen LogP contribution in [0.15, 0.2) is 47.4 Å². The number of methoxy groups -OCH3 is 1. The summed E-state index contributed by atoms with van der Waals surface area (Å²) in [6.07, 6.45) is 0.663. The quantitative estimate of drug-likeness (QED) is 0.876. The van der Waals surface area contributed by atoms with Crippen LogP contribution in [0.25, 0.3) is 0 Å². The van der Waals surface area contributed by atoms with Crippen molar-refractivity contribution in [3.05, 3.63) is 59.2 Å². The molecule has 0 aromatic heterocycles. The summed E-state index contributed by atoms with van der Waals surface area (Å²) < 4.78 is 33.4. The second-order valence-electron chi connectivity index (χ2n) is 5.62. The largest absolute Gasteiger partial charge is 0.497 e. The Balaban J connectivity index is 2.31. The van der Waals surface area contributed by atoms with Crippen LogP contribution in [0.5, 0.6) is 5.75 Å². The van der Waals surface area contributed by atoms with Crippen LogP contribution in [0.2, 0.25) is 0 Å². The third-order valence-electron chi connectivity index (χ3n) is 3.86. The van der Waals surface area contributed by atoms with E-state index in [9.17, 15) is 8.42 Å². The lowest BCUT2D eigenvalue weighted by molar-refractivity contribution is 0.414. The number of nitrogens with one attached hydrogen (secondary N) is 1. The topological polar surface area (TPSA) is 55.4 Å². The molecule has 0 aliphatic rings. The van der Waals surface area contributed by atoms with E-state index >= 15 is 0 Å². The molecule has 5 heteroatoms. The summed E-state index contributed by atoms with van der Waals surface area (Å²) in [5.41, 5.74) is 2.59. The zero-order valence-electron chi connectivity index (χ0n) is 14.0. The van der Waals surface area contributed by atoms with Crippen LogP contribution in [-0.4, -0.2) is 15.5 Å². The van der Waals surface area contributed by atoms with Gasteiger partial charge in [0.2, 0.25) is 10.0 Å². The summed E-state index contributed by atoms with van der Waals surface area (Å²) >= 11 is 0. The van der Waals surface area contributed by atoms with E-state index in [4.69, 9.17) is 4.74 Å². The van der Waals surface area contributed by atoms with Crippen LogP contribution >= 0.6 is 0 Å². The van der Waals surface area contributed by atoms with Crippen molar-refractivity contribution in [2.75, 3.05) is 7.11 Å². The molecule has 124 valence electrons. The minimum Gasteiger partial charge on any atom is -0.497 e. The lowest BCUT2D eigenvalue weighted by Crippen LogP contribution is -2.29. The average Bonchev–Trinajstić information content (AvgIpc) is 2.55. The summed E-state index contributed by atoms with van der Waals surface area (Å²) in [5, 5.41) is 0. The van der Waals surface area contributed by atoms with Gasteiger partial charge in [-0.05, 0) is 55.2 Å². The highest BCUT2D eigenvalue weighted by atomic mass is 32.2. The van der Waals surface area contributed by atoms with Crippen molar-refractivity contribution in [2.45, 2.75) is 38.1 Å². The van der Waals surface area contributed by atoms with Gasteiger partial charge in [0, 0.05) is 6.04 Å². The summed E-state index contributed by atoms with van der Waals surface area (Å²) in [6.45, 7) is 5.65. The fourth-order valence-corrected chi connectivity index (χ4v) is 4.11. The first-order valence-corrected chi connectivity index (χ1v) is 9.09. The van der Waals surface area contributed by atoms with E-state index in [1.54, 1.807) is 13.2 Å². The van der Waals surface area contributed by atoms with Crippen molar-refractivity contribution < 1.29 is 13.2 Å². The van der Waals surface area contributed by atoms with E-state index < -0.39 is 10.0 Å². The van der Waals surface area contributed by atoms with Gasteiger partial charge in [0.05, 0.1) is 12.0 Å². The third kappa shape index (κ3) is 4.12. The summed E-state index contributed by atoms with van der Waals surface area (Å²) in [7, 11) is -1.96. The highest BCUT2D eigenvalue weighted by Crippen LogP contribution is 2.24. The van der Waals surface area contributed by atoms with Crippen molar-refractivity contribution >= 4 is 10.0 Å². The minimum absolute atomic E-state index is 0.272. The van der Waals surface area contributed by atoms with Gasteiger partial charge >= 0.3 is 0 Å². The molecule has 23 heavy (non-hydrogen) atoms. The first-order valence-electron chi connectivity index (χ1n) is 7.61. The van der Waals surface area contributed by atoms with Gasteiger partial charge in [-0.1, -0.05) is 31.2 Å². The van der Waals surface area contributed by atoms with Crippen LogP contribution in [0.4, 0.5) is 0 Å². The fourth-order valence-electron chi connectivity index (χ4n) is 2.47. The molecule has 0 spiro atoms. The predicted molar refractivity (Wildman–Crippen MR) is 92.3 cm³/mol. The SMILES string of the molecule is CCC(NS(=O)(=O)c1cc(C)ccc1C)c1ccc(OC)cc1. The normalized spacial score (nSPS) is 12.9. The van der Waals surface area contributed by atoms with Crippen molar-refractivity contribution in [1.82, 2.24) is 4.72 Å². The molecule has 2 aromatic rings. The molecule has 4 nitrogen and oxygen atoms in total. The van der Waals surface area contributed by atoms with E-state index in [1.807, 2.05) is 57.2 Å². The Morgan fingerprint density at radius 3 is 2.30 bits per heavy atom. The summed E-state index contributed by atoms with van der Waals surface area (Å²) in [4.78, 5) is 0.337. The molecule has 0 fully saturated rings. The molecule has 2 aromatic carbocycles. The Kier molecular flexibility index (Phi) is 5.44. The Bertz CT molecular complexity index is 767. The van der Waals surface area contributed by atoms with Crippen molar-refractivity contribution in [2.24, 2.45) is 0 Å². The van der Waals surface area contributed by atoms with Crippen molar-refractivity contribution in [3.8, 4) is 5.75 Å². The van der Waals surface area contributed by atoms with Gasteiger partial charge in [-0.25, -0.2) is 13.1 Å². The summed E-state index contributed by atoms with van der Waals surface area (Å²) in [6, 6.07) is 12.6. The number of aryl methyl sites for hydroxylation is 2. The van der Waals surface area contributed by atoms with E-state index in [2.05, 4.69) is 4.72 Å². The van der Waals surface area contributed by atoms with Gasteiger partial charge in [-0.2, -0.15) is 0 Å². The maximum atomic E-state index is 12.7. The first-order chi connectivity index (χ1) is 10.9. The van der Waals surface area contributed by atoms with E-state index in [1.165, 1.54) is 0 Å². The predicted octanol–water partition coefficient (Wildman–Crippen LogP) is 3.74. The Hall–Kier alpha value is -1.85. The van der Waals surface area contributed by atoms with Crippen LogP contribution in [0.1, 0.15) is 36.1 Å². The second-order valence-corrected chi connectivity index (χ2v) is 7.31. The van der Waals surface area contributed by atoms with Gasteiger partial charge < -0.3 is 4.74 Å². The molecule has 0 heterocycles. The van der Waals surface area contributed by atoms with Crippen molar-refractivity contribution in [3.63, 3.8) is 0 Å². The lowest BCUT2D eigenvalue weighted by Gasteiger charge is -2.19. The van der Waals surface area contributed by atoms with Crippen LogP contribution in [0, 0.1) is 13.8 Å². The fraction of sp³-hybridized carbons (Fsp3) is 0.333. The molecule has 0 saturated carbocycles. The van der Waals surface area contributed by atoms with Gasteiger partial charge in [0.25, 0.3) is 0 Å². The number of sulfonamides is 1. The maximum Gasteiger partial charge on any atom is 0.241 e. The Morgan fingerprint density at radius 2 is 1.74 bits per heavy atom. The lowest BCUT2D eigenvalue weighted by atomic mass is 10.1. The molecule has 1 atom stereocenters. The first kappa shape index (κ1) is 17.5. The number of ether oxygens (including phenoxy) is 1. The molecule has 0 saturated heterocycles. The number of hydrogen-bond acceptors (Lipinski definition) is 3. The zero-order chi connectivity index (χ0) is 17.0. The number of hydrogen-bond donors (Lipinski definition) is 1. The van der Waals surface area contributed by atoms with Gasteiger partial charge in [-0.3, -0.25) is 0 Å². The number of benzene rings is 2. The maximum absolute atomic E-state index is 12.7. The van der Waals surface area contributed by atoms with Crippen LogP contribution < -0.4 is 9.46 Å². The molecular formula is C18H23NO3S. The zero-order valence-corrected chi connectivity index (χ0v) is 14.8. The monoisotopic (exact) mass is 333 g/mol. The van der Waals surface area contributed by atoms with Crippen LogP contribution in [0.3, 0.4) is 0 Å². The highest BCUT2D eigenvalue weighted by Gasteiger charge is 2.22. The molecule has 0 amide bonds. The van der Waals surface area contributed by atoms with Gasteiger partial charge in [-0.15, -0.1) is 0 Å². The smallest absolute Gasteiger partial charge is 0.241 e. The highest BCUT2D eigenvalue weighted by molar-refractivity contribution is 7.89. The van der Waals surface area contributed by atoms with E-state index in [0.717, 1.165) is 22.4 Å². The molecule has 0 radical (unpaired) electrons. The molecule has 0 aliphatic heterocycles. The standard InChI is InChI=1S/C18H23NO3S/c1-5-17(15-8-10-16(22-4)11-9-15)19-23(20,21)18-12-13(2)6-7-14(18)3/h6-12,17,19H,5H2,1-4H3. The molecule has 1 N–H and O–H groups in total. The number of rotatable bonds is 6. The summed E-state index contributed by atoms with van der Waals surface area (Å²) in [5.74, 6) is 0.751. The molecule has 1 unspecified atom stereocenters. The second kappa shape index (κ2) is 7.15. The molecule has 0 aliphatic carbocycles. The van der Waals surface area contributed by atoms with Gasteiger partial charge in [0.1, 0.15) is 5.75 Å². The molecule has 2 rings (SSSR count). The van der Waals surface area contributed by atoms with E-state index in [-0.39, 0.29) is 6.04 Å². The van der Waals surface area contributed by atoms with Crippen LogP contribution in [-0.2, 0) is 10.0 Å².